The molecule has 0 spiro atoms. The van der Waals surface area contributed by atoms with Crippen LogP contribution in [0.3, 0.4) is 0 Å². The zero-order valence-corrected chi connectivity index (χ0v) is 21.4. The molecule has 1 nitrogen and oxygen atoms in total. The zero-order valence-electron chi connectivity index (χ0n) is 21.4. The van der Waals surface area contributed by atoms with E-state index in [1.807, 2.05) is 59.8 Å². The summed E-state index contributed by atoms with van der Waals surface area (Å²) in [5.74, 6) is 0. The van der Waals surface area contributed by atoms with E-state index in [0.29, 0.717) is 0 Å². The van der Waals surface area contributed by atoms with Crippen molar-refractivity contribution in [2.24, 2.45) is 0 Å². The maximum Gasteiger partial charge on any atom is 0.0534 e. The molecular formula is C30H51N. The highest BCUT2D eigenvalue weighted by molar-refractivity contribution is 5.59. The lowest BCUT2D eigenvalue weighted by molar-refractivity contribution is 1.01. The van der Waals surface area contributed by atoms with Crippen LogP contribution < -0.4 is 10.6 Å². The van der Waals surface area contributed by atoms with Gasteiger partial charge in [-0.1, -0.05) is 125 Å². The van der Waals surface area contributed by atoms with E-state index in [1.165, 1.54) is 22.9 Å². The molecule has 0 saturated carbocycles. The molecule has 2 rings (SSSR count). The third-order valence-electron chi connectivity index (χ3n) is 3.51. The van der Waals surface area contributed by atoms with E-state index in [1.54, 1.807) is 6.08 Å². The van der Waals surface area contributed by atoms with Gasteiger partial charge in [-0.3, -0.25) is 0 Å². The molecule has 1 aromatic carbocycles. The van der Waals surface area contributed by atoms with Crippen molar-refractivity contribution in [2.45, 2.75) is 83.1 Å². The Hall–Kier alpha value is -2.54. The van der Waals surface area contributed by atoms with E-state index in [9.17, 15) is 0 Å². The van der Waals surface area contributed by atoms with Gasteiger partial charge in [0.25, 0.3) is 0 Å². The molecule has 1 heterocycles. The Labute approximate surface area is 195 Å². The Morgan fingerprint density at radius 1 is 0.871 bits per heavy atom. The van der Waals surface area contributed by atoms with Gasteiger partial charge >= 0.3 is 0 Å². The lowest BCUT2D eigenvalue weighted by Gasteiger charge is -2.08. The number of aromatic nitrogens is 1. The summed E-state index contributed by atoms with van der Waals surface area (Å²) in [6.07, 6.45) is 13.2. The second-order valence-electron chi connectivity index (χ2n) is 5.47. The van der Waals surface area contributed by atoms with E-state index >= 15 is 0 Å². The number of benzene rings is 1. The first-order chi connectivity index (χ1) is 14.7. The molecule has 0 bridgehead atoms. The molecule has 0 N–H and O–H groups in total. The second kappa shape index (κ2) is 25.5. The van der Waals surface area contributed by atoms with Gasteiger partial charge in [0.15, 0.2) is 0 Å². The highest BCUT2D eigenvalue weighted by Gasteiger charge is 2.09. The minimum atomic E-state index is 0. The highest BCUT2D eigenvalue weighted by Crippen LogP contribution is 2.12. The molecule has 0 aliphatic carbocycles. The molecular weight excluding hydrogens is 374 g/mol. The van der Waals surface area contributed by atoms with E-state index in [4.69, 9.17) is 0 Å². The maximum absolute atomic E-state index is 3.85. The van der Waals surface area contributed by atoms with Gasteiger partial charge in [-0.2, -0.15) is 0 Å². The van der Waals surface area contributed by atoms with Gasteiger partial charge in [0, 0.05) is 11.4 Å². The Morgan fingerprint density at radius 2 is 1.35 bits per heavy atom. The Balaban J connectivity index is -0.000000321. The smallest absolute Gasteiger partial charge is 0.0534 e. The number of hydrogen-bond acceptors (Lipinski definition) is 0. The van der Waals surface area contributed by atoms with E-state index in [-0.39, 0.29) is 7.43 Å². The monoisotopic (exact) mass is 425 g/mol. The largest absolute Gasteiger partial charge is 0.310 e. The zero-order chi connectivity index (χ0) is 23.9. The molecule has 0 aliphatic heterocycles. The topological polar surface area (TPSA) is 4.93 Å². The van der Waals surface area contributed by atoms with Crippen molar-refractivity contribution in [1.29, 1.82) is 0 Å². The van der Waals surface area contributed by atoms with Crippen molar-refractivity contribution in [3.8, 4) is 5.69 Å². The molecule has 0 saturated heterocycles. The van der Waals surface area contributed by atoms with Crippen LogP contribution in [0.1, 0.15) is 87.4 Å². The predicted octanol–water partition coefficient (Wildman–Crippen LogP) is 8.88. The van der Waals surface area contributed by atoms with Crippen molar-refractivity contribution >= 4 is 18.2 Å². The van der Waals surface area contributed by atoms with Gasteiger partial charge in [0.1, 0.15) is 0 Å². The summed E-state index contributed by atoms with van der Waals surface area (Å²) in [5.41, 5.74) is 3.57. The second-order valence-corrected chi connectivity index (χ2v) is 5.47. The van der Waals surface area contributed by atoms with Gasteiger partial charge in [0.05, 0.1) is 5.35 Å². The molecule has 176 valence electrons. The van der Waals surface area contributed by atoms with Crippen molar-refractivity contribution in [3.63, 3.8) is 0 Å². The van der Waals surface area contributed by atoms with E-state index < -0.39 is 0 Å². The van der Waals surface area contributed by atoms with Crippen LogP contribution in [0.4, 0.5) is 0 Å². The fraction of sp³-hybridized carbons (Fsp3) is 0.400. The lowest BCUT2D eigenvalue weighted by Crippen LogP contribution is -2.28. The van der Waals surface area contributed by atoms with Crippen molar-refractivity contribution < 1.29 is 0 Å². The van der Waals surface area contributed by atoms with E-state index in [2.05, 4.69) is 87.9 Å². The van der Waals surface area contributed by atoms with Crippen LogP contribution in [0.15, 0.2) is 61.7 Å². The summed E-state index contributed by atoms with van der Waals surface area (Å²) >= 11 is 0. The molecule has 1 aromatic heterocycles. The van der Waals surface area contributed by atoms with Gasteiger partial charge in [-0.05, 0) is 48.9 Å². The molecule has 31 heavy (non-hydrogen) atoms. The molecule has 1 heteroatoms. The fourth-order valence-corrected chi connectivity index (χ4v) is 2.60. The third kappa shape index (κ3) is 12.0. The molecule has 0 radical (unpaired) electrons. The SMILES string of the molecule is C.C=C/C=C\c1c(C)c(=C/C)/c(=C\C=C)n1-c1ccccc1.CC.CC.CC.CCC. The first-order valence-corrected chi connectivity index (χ1v) is 11.5. The normalized spacial score (nSPS) is 10.0. The average Bonchev–Trinajstić information content (AvgIpc) is 3.08. The van der Waals surface area contributed by atoms with Crippen LogP contribution in [0, 0.1) is 6.92 Å². The predicted molar refractivity (Wildman–Crippen MR) is 151 cm³/mol. The molecule has 0 atom stereocenters. The highest BCUT2D eigenvalue weighted by atomic mass is 15.0. The summed E-state index contributed by atoms with van der Waals surface area (Å²) in [5, 5.41) is 2.39. The summed E-state index contributed by atoms with van der Waals surface area (Å²) in [4.78, 5) is 0. The summed E-state index contributed by atoms with van der Waals surface area (Å²) in [6.45, 7) is 28.1. The van der Waals surface area contributed by atoms with Crippen LogP contribution in [-0.4, -0.2) is 4.57 Å². The van der Waals surface area contributed by atoms with E-state index in [0.717, 1.165) is 11.0 Å². The van der Waals surface area contributed by atoms with Gasteiger partial charge in [-0.15, -0.1) is 0 Å². The minimum absolute atomic E-state index is 0. The minimum Gasteiger partial charge on any atom is -0.310 e. The first-order valence-electron chi connectivity index (χ1n) is 11.5. The number of para-hydroxylation sites is 1. The summed E-state index contributed by atoms with van der Waals surface area (Å²) in [6, 6.07) is 10.4. The number of rotatable bonds is 4. The molecule has 0 amide bonds. The van der Waals surface area contributed by atoms with Gasteiger partial charge < -0.3 is 4.57 Å². The molecule has 0 unspecified atom stereocenters. The van der Waals surface area contributed by atoms with Crippen molar-refractivity contribution in [2.75, 3.05) is 0 Å². The van der Waals surface area contributed by atoms with Crippen LogP contribution in [0.25, 0.3) is 23.9 Å². The van der Waals surface area contributed by atoms with Crippen LogP contribution in [0.5, 0.6) is 0 Å². The molecule has 2 aromatic rings. The lowest BCUT2D eigenvalue weighted by atomic mass is 10.2. The standard InChI is InChI=1S/C20H21N.C3H8.3C2H6.CH4/c1-5-8-15-19-16(4)18(7-3)20(12-6-2)21(19)17-13-10-9-11-14-17;1-3-2;3*1-2;/h5-15H,1-2H2,3-4H3;3H2,1-2H3;3*1-2H3;1H4/b15-8-,18-7-,20-12+;;;;;. The van der Waals surface area contributed by atoms with Crippen molar-refractivity contribution in [1.82, 2.24) is 4.57 Å². The Kier molecular flexibility index (Phi) is 29.5. The summed E-state index contributed by atoms with van der Waals surface area (Å²) in [7, 11) is 0. The fourth-order valence-electron chi connectivity index (χ4n) is 2.60. The Morgan fingerprint density at radius 3 is 1.74 bits per heavy atom. The number of allylic oxidation sites excluding steroid dienone is 3. The average molecular weight is 426 g/mol. The van der Waals surface area contributed by atoms with Crippen LogP contribution >= 0.6 is 0 Å². The Bertz CT molecular complexity index is 802. The molecule has 0 fully saturated rings. The summed E-state index contributed by atoms with van der Waals surface area (Å²) < 4.78 is 2.26. The number of nitrogens with zero attached hydrogens (tertiary/aromatic N) is 1. The van der Waals surface area contributed by atoms with Gasteiger partial charge in [-0.25, -0.2) is 0 Å². The molecule has 0 aliphatic rings. The van der Waals surface area contributed by atoms with Crippen molar-refractivity contribution in [3.05, 3.63) is 83.5 Å². The maximum atomic E-state index is 3.85. The quantitative estimate of drug-likeness (QED) is 0.431. The first kappa shape index (κ1) is 35.9. The third-order valence-corrected chi connectivity index (χ3v) is 3.51. The van der Waals surface area contributed by atoms with Gasteiger partial charge in [0.2, 0.25) is 0 Å². The van der Waals surface area contributed by atoms with Crippen LogP contribution in [0.2, 0.25) is 0 Å². The van der Waals surface area contributed by atoms with Crippen LogP contribution in [-0.2, 0) is 0 Å². The number of hydrogen-bond donors (Lipinski definition) is 0.